The Morgan fingerprint density at radius 2 is 2.08 bits per heavy atom. The van der Waals surface area contributed by atoms with Crippen molar-refractivity contribution in [2.75, 3.05) is 40.5 Å². The van der Waals surface area contributed by atoms with Crippen LogP contribution in [0.2, 0.25) is 0 Å². The van der Waals surface area contributed by atoms with Gasteiger partial charge in [0, 0.05) is 44.3 Å². The lowest BCUT2D eigenvalue weighted by Crippen LogP contribution is -2.51. The molecule has 1 fully saturated rings. The molecule has 1 N–H and O–H groups in total. The summed E-state index contributed by atoms with van der Waals surface area (Å²) in [7, 11) is 3.27. The lowest BCUT2D eigenvalue weighted by molar-refractivity contribution is 0.0573. The molecule has 1 aliphatic heterocycles. The minimum absolute atomic E-state index is 0.0399. The number of hydrogen-bond donors (Lipinski definition) is 1. The summed E-state index contributed by atoms with van der Waals surface area (Å²) < 4.78 is 16.2. The van der Waals surface area contributed by atoms with Gasteiger partial charge in [0.25, 0.3) is 5.91 Å². The summed E-state index contributed by atoms with van der Waals surface area (Å²) in [5.41, 5.74) is 0.631. The number of ether oxygens (including phenoxy) is 3. The van der Waals surface area contributed by atoms with Crippen molar-refractivity contribution in [2.45, 2.75) is 45.2 Å². The summed E-state index contributed by atoms with van der Waals surface area (Å²) >= 11 is 0. The zero-order chi connectivity index (χ0) is 18.9. The molecule has 1 atom stereocenters. The van der Waals surface area contributed by atoms with E-state index in [4.69, 9.17) is 14.2 Å². The van der Waals surface area contributed by atoms with Crippen LogP contribution in [0, 0.1) is 0 Å². The summed E-state index contributed by atoms with van der Waals surface area (Å²) in [6.45, 7) is 7.16. The van der Waals surface area contributed by atoms with Crippen molar-refractivity contribution in [3.05, 3.63) is 23.8 Å². The van der Waals surface area contributed by atoms with Crippen LogP contribution in [0.25, 0.3) is 0 Å². The molecular weight excluding hydrogens is 332 g/mol. The largest absolute Gasteiger partial charge is 0.493 e. The highest BCUT2D eigenvalue weighted by Gasteiger charge is 2.28. The molecule has 2 rings (SSSR count). The fraction of sp³-hybridized carbons (Fsp3) is 0.650. The first kappa shape index (κ1) is 20.5. The van der Waals surface area contributed by atoms with Crippen LogP contribution in [0.1, 0.15) is 43.5 Å². The number of carbonyl (C=O) groups excluding carboxylic acids is 1. The van der Waals surface area contributed by atoms with Crippen LogP contribution in [0.5, 0.6) is 11.5 Å². The quantitative estimate of drug-likeness (QED) is 0.683. The molecule has 6 nitrogen and oxygen atoms in total. The fourth-order valence-corrected chi connectivity index (χ4v) is 3.35. The minimum atomic E-state index is 0.0399. The predicted octanol–water partition coefficient (Wildman–Crippen LogP) is 2.71. The SMILES string of the molecule is COCCCOc1cc(C(=O)N(C(C)C)[C@@H]2CCCNC2)ccc1OC. The molecule has 0 saturated carbocycles. The summed E-state index contributed by atoms with van der Waals surface area (Å²) in [6, 6.07) is 5.77. The Morgan fingerprint density at radius 1 is 1.27 bits per heavy atom. The summed E-state index contributed by atoms with van der Waals surface area (Å²) in [5.74, 6) is 1.27. The molecule has 0 bridgehead atoms. The van der Waals surface area contributed by atoms with E-state index in [-0.39, 0.29) is 18.0 Å². The van der Waals surface area contributed by atoms with E-state index in [0.29, 0.717) is 30.3 Å². The van der Waals surface area contributed by atoms with Crippen molar-refractivity contribution in [1.82, 2.24) is 10.2 Å². The standard InChI is InChI=1S/C20H32N2O4/c1-15(2)22(17-7-5-10-21-14-17)20(23)16-8-9-18(25-4)19(13-16)26-12-6-11-24-3/h8-9,13,15,17,21H,5-7,10-12,14H2,1-4H3/t17-/m1/s1. The minimum Gasteiger partial charge on any atom is -0.493 e. The van der Waals surface area contributed by atoms with Gasteiger partial charge in [-0.15, -0.1) is 0 Å². The molecule has 0 aromatic heterocycles. The van der Waals surface area contributed by atoms with Crippen molar-refractivity contribution in [3.8, 4) is 11.5 Å². The maximum absolute atomic E-state index is 13.2. The van der Waals surface area contributed by atoms with E-state index in [0.717, 1.165) is 32.4 Å². The van der Waals surface area contributed by atoms with Gasteiger partial charge in [0.15, 0.2) is 11.5 Å². The third-order valence-electron chi connectivity index (χ3n) is 4.62. The summed E-state index contributed by atoms with van der Waals surface area (Å²) in [5, 5.41) is 3.40. The summed E-state index contributed by atoms with van der Waals surface area (Å²) in [4.78, 5) is 15.2. The predicted molar refractivity (Wildman–Crippen MR) is 102 cm³/mol. The molecule has 0 unspecified atom stereocenters. The molecule has 26 heavy (non-hydrogen) atoms. The topological polar surface area (TPSA) is 60.0 Å². The highest BCUT2D eigenvalue weighted by atomic mass is 16.5. The van der Waals surface area contributed by atoms with E-state index in [1.165, 1.54) is 0 Å². The van der Waals surface area contributed by atoms with Crippen LogP contribution in [-0.2, 0) is 4.74 Å². The Kier molecular flexibility index (Phi) is 8.19. The highest BCUT2D eigenvalue weighted by Crippen LogP contribution is 2.29. The van der Waals surface area contributed by atoms with Gasteiger partial charge in [0.2, 0.25) is 0 Å². The average Bonchev–Trinajstić information content (AvgIpc) is 2.65. The van der Waals surface area contributed by atoms with Crippen molar-refractivity contribution < 1.29 is 19.0 Å². The van der Waals surface area contributed by atoms with Gasteiger partial charge in [-0.2, -0.15) is 0 Å². The molecule has 1 heterocycles. The normalized spacial score (nSPS) is 17.2. The Labute approximate surface area is 156 Å². The van der Waals surface area contributed by atoms with Gasteiger partial charge in [-0.05, 0) is 51.4 Å². The lowest BCUT2D eigenvalue weighted by atomic mass is 10.0. The Morgan fingerprint density at radius 3 is 2.69 bits per heavy atom. The number of amides is 1. The first-order chi connectivity index (χ1) is 12.6. The molecule has 0 aliphatic carbocycles. The van der Waals surface area contributed by atoms with Gasteiger partial charge in [-0.25, -0.2) is 0 Å². The molecule has 1 saturated heterocycles. The zero-order valence-corrected chi connectivity index (χ0v) is 16.4. The first-order valence-electron chi connectivity index (χ1n) is 9.41. The fourth-order valence-electron chi connectivity index (χ4n) is 3.35. The van der Waals surface area contributed by atoms with Crippen LogP contribution < -0.4 is 14.8 Å². The molecule has 1 aliphatic rings. The monoisotopic (exact) mass is 364 g/mol. The van der Waals surface area contributed by atoms with Crippen LogP contribution in [0.15, 0.2) is 18.2 Å². The van der Waals surface area contributed by atoms with E-state index >= 15 is 0 Å². The average molecular weight is 364 g/mol. The molecule has 0 spiro atoms. The lowest BCUT2D eigenvalue weighted by Gasteiger charge is -2.37. The highest BCUT2D eigenvalue weighted by molar-refractivity contribution is 5.95. The third kappa shape index (κ3) is 5.35. The van der Waals surface area contributed by atoms with Gasteiger partial charge in [0.05, 0.1) is 13.7 Å². The number of benzene rings is 1. The maximum atomic E-state index is 13.2. The Bertz CT molecular complexity index is 571. The van der Waals surface area contributed by atoms with Gasteiger partial charge in [0.1, 0.15) is 0 Å². The first-order valence-corrected chi connectivity index (χ1v) is 9.41. The number of carbonyl (C=O) groups is 1. The van der Waals surface area contributed by atoms with Gasteiger partial charge >= 0.3 is 0 Å². The van der Waals surface area contributed by atoms with E-state index in [9.17, 15) is 4.79 Å². The molecule has 0 radical (unpaired) electrons. The van der Waals surface area contributed by atoms with E-state index in [1.54, 1.807) is 26.4 Å². The Balaban J connectivity index is 2.17. The number of rotatable bonds is 9. The Hall–Kier alpha value is -1.79. The number of methoxy groups -OCH3 is 2. The van der Waals surface area contributed by atoms with Crippen LogP contribution in [-0.4, -0.2) is 63.4 Å². The molecule has 146 valence electrons. The molecule has 6 heteroatoms. The van der Waals surface area contributed by atoms with Crippen molar-refractivity contribution in [1.29, 1.82) is 0 Å². The second-order valence-corrected chi connectivity index (χ2v) is 6.87. The molecule has 1 aromatic rings. The number of piperidine rings is 1. The zero-order valence-electron chi connectivity index (χ0n) is 16.4. The second kappa shape index (κ2) is 10.4. The molecular formula is C20H32N2O4. The van der Waals surface area contributed by atoms with Crippen molar-refractivity contribution >= 4 is 5.91 Å². The number of hydrogen-bond acceptors (Lipinski definition) is 5. The number of nitrogens with zero attached hydrogens (tertiary/aromatic N) is 1. The smallest absolute Gasteiger partial charge is 0.254 e. The van der Waals surface area contributed by atoms with E-state index < -0.39 is 0 Å². The van der Waals surface area contributed by atoms with Crippen LogP contribution >= 0.6 is 0 Å². The summed E-state index contributed by atoms with van der Waals surface area (Å²) in [6.07, 6.45) is 2.91. The van der Waals surface area contributed by atoms with Gasteiger partial charge in [-0.1, -0.05) is 0 Å². The van der Waals surface area contributed by atoms with Crippen molar-refractivity contribution in [2.24, 2.45) is 0 Å². The van der Waals surface area contributed by atoms with Gasteiger partial charge < -0.3 is 24.4 Å². The third-order valence-corrected chi connectivity index (χ3v) is 4.62. The molecule has 1 aromatic carbocycles. The van der Waals surface area contributed by atoms with Crippen molar-refractivity contribution in [3.63, 3.8) is 0 Å². The molecule has 1 amide bonds. The second-order valence-electron chi connectivity index (χ2n) is 6.87. The van der Waals surface area contributed by atoms with E-state index in [1.807, 2.05) is 11.0 Å². The maximum Gasteiger partial charge on any atom is 0.254 e. The van der Waals surface area contributed by atoms with Gasteiger partial charge in [-0.3, -0.25) is 4.79 Å². The number of nitrogens with one attached hydrogen (secondary N) is 1. The van der Waals surface area contributed by atoms with E-state index in [2.05, 4.69) is 19.2 Å². The van der Waals surface area contributed by atoms with Crippen LogP contribution in [0.4, 0.5) is 0 Å². The van der Waals surface area contributed by atoms with Crippen LogP contribution in [0.3, 0.4) is 0 Å².